The van der Waals surface area contributed by atoms with Crippen LogP contribution in [0.5, 0.6) is 5.75 Å². The Bertz CT molecular complexity index is 446. The van der Waals surface area contributed by atoms with Crippen molar-refractivity contribution in [1.82, 2.24) is 5.32 Å². The lowest BCUT2D eigenvalue weighted by molar-refractivity contribution is -0.119. The van der Waals surface area contributed by atoms with E-state index in [2.05, 4.69) is 18.3 Å². The van der Waals surface area contributed by atoms with E-state index in [1.54, 1.807) is 0 Å². The van der Waals surface area contributed by atoms with Crippen molar-refractivity contribution in [1.29, 1.82) is 0 Å². The van der Waals surface area contributed by atoms with Gasteiger partial charge >= 0.3 is 0 Å². The fourth-order valence-electron chi connectivity index (χ4n) is 2.63. The number of carbonyl (C=O) groups excluding carboxylic acids is 1. The number of carbonyl (C=O) groups is 1. The molecule has 0 heterocycles. The second-order valence-electron chi connectivity index (χ2n) is 4.98. The summed E-state index contributed by atoms with van der Waals surface area (Å²) in [4.78, 5) is 10.8. The van der Waals surface area contributed by atoms with Crippen LogP contribution in [0, 0.1) is 0 Å². The summed E-state index contributed by atoms with van der Waals surface area (Å²) < 4.78 is 5.52. The predicted molar refractivity (Wildman–Crippen MR) is 75.1 cm³/mol. The number of primary amides is 1. The Balaban J connectivity index is 2.17. The minimum absolute atomic E-state index is 0.0521. The summed E-state index contributed by atoms with van der Waals surface area (Å²) in [5, 5.41) is 3.57. The molecule has 1 aromatic carbocycles. The van der Waals surface area contributed by atoms with Crippen LogP contribution in [-0.4, -0.2) is 19.1 Å². The third-order valence-electron chi connectivity index (χ3n) is 3.47. The molecule has 4 nitrogen and oxygen atoms in total. The smallest absolute Gasteiger partial charge is 0.255 e. The first kappa shape index (κ1) is 13.9. The molecule has 0 saturated heterocycles. The van der Waals surface area contributed by atoms with Crippen molar-refractivity contribution >= 4 is 5.91 Å². The molecule has 1 aliphatic rings. The lowest BCUT2D eigenvalue weighted by atomic mass is 9.87. The number of hydrogen-bond acceptors (Lipinski definition) is 3. The van der Waals surface area contributed by atoms with Crippen LogP contribution in [0.2, 0.25) is 0 Å². The van der Waals surface area contributed by atoms with Gasteiger partial charge in [0.1, 0.15) is 5.75 Å². The number of hydrogen-bond donors (Lipinski definition) is 2. The summed E-state index contributed by atoms with van der Waals surface area (Å²) in [6, 6.07) is 6.46. The van der Waals surface area contributed by atoms with Crippen molar-refractivity contribution < 1.29 is 9.53 Å². The van der Waals surface area contributed by atoms with Gasteiger partial charge in [0.25, 0.3) is 5.91 Å². The molecule has 1 aromatic rings. The van der Waals surface area contributed by atoms with E-state index in [4.69, 9.17) is 10.5 Å². The van der Waals surface area contributed by atoms with Crippen LogP contribution in [0.1, 0.15) is 43.4 Å². The topological polar surface area (TPSA) is 64.3 Å². The van der Waals surface area contributed by atoms with Gasteiger partial charge in [-0.3, -0.25) is 4.79 Å². The highest BCUT2D eigenvalue weighted by atomic mass is 16.5. The van der Waals surface area contributed by atoms with Gasteiger partial charge in [-0.25, -0.2) is 0 Å². The van der Waals surface area contributed by atoms with Crippen molar-refractivity contribution in [2.45, 2.75) is 38.6 Å². The number of ether oxygens (including phenoxy) is 1. The highest BCUT2D eigenvalue weighted by molar-refractivity contribution is 5.75. The van der Waals surface area contributed by atoms with Crippen LogP contribution < -0.4 is 15.8 Å². The van der Waals surface area contributed by atoms with Crippen molar-refractivity contribution in [2.75, 3.05) is 13.2 Å². The molecule has 1 aliphatic carbocycles. The Kier molecular flexibility index (Phi) is 4.80. The van der Waals surface area contributed by atoms with Crippen molar-refractivity contribution in [2.24, 2.45) is 5.73 Å². The highest BCUT2D eigenvalue weighted by Crippen LogP contribution is 2.35. The molecule has 2 rings (SSSR count). The lowest BCUT2D eigenvalue weighted by Crippen LogP contribution is -2.26. The van der Waals surface area contributed by atoms with Gasteiger partial charge in [-0.05, 0) is 49.4 Å². The van der Waals surface area contributed by atoms with Crippen LogP contribution >= 0.6 is 0 Å². The third kappa shape index (κ3) is 3.47. The number of amides is 1. The Hall–Kier alpha value is -1.55. The maximum Gasteiger partial charge on any atom is 0.255 e. The van der Waals surface area contributed by atoms with E-state index in [9.17, 15) is 4.79 Å². The average Bonchev–Trinajstić information content (AvgIpc) is 2.42. The van der Waals surface area contributed by atoms with E-state index in [-0.39, 0.29) is 6.61 Å². The number of nitrogens with two attached hydrogens (primary N) is 1. The lowest BCUT2D eigenvalue weighted by Gasteiger charge is -2.28. The second-order valence-corrected chi connectivity index (χ2v) is 4.98. The monoisotopic (exact) mass is 262 g/mol. The fraction of sp³-hybridized carbons (Fsp3) is 0.533. The summed E-state index contributed by atoms with van der Waals surface area (Å²) in [5.41, 5.74) is 7.67. The van der Waals surface area contributed by atoms with Gasteiger partial charge < -0.3 is 15.8 Å². The maximum absolute atomic E-state index is 10.8. The zero-order chi connectivity index (χ0) is 13.7. The quantitative estimate of drug-likeness (QED) is 0.823. The minimum atomic E-state index is -0.436. The molecule has 1 unspecified atom stereocenters. The first-order valence-corrected chi connectivity index (χ1v) is 6.98. The Morgan fingerprint density at radius 3 is 3.11 bits per heavy atom. The third-order valence-corrected chi connectivity index (χ3v) is 3.47. The molecular weight excluding hydrogens is 240 g/mol. The van der Waals surface area contributed by atoms with Crippen molar-refractivity contribution in [3.05, 3.63) is 29.3 Å². The summed E-state index contributed by atoms with van der Waals surface area (Å²) >= 11 is 0. The number of fused-ring (bicyclic) bond motifs is 1. The molecular formula is C15H22N2O2. The maximum atomic E-state index is 10.8. The number of rotatable bonds is 6. The van der Waals surface area contributed by atoms with E-state index >= 15 is 0 Å². The van der Waals surface area contributed by atoms with E-state index in [1.165, 1.54) is 11.1 Å². The van der Waals surface area contributed by atoms with E-state index in [0.29, 0.717) is 6.04 Å². The molecule has 0 aromatic heterocycles. The summed E-state index contributed by atoms with van der Waals surface area (Å²) in [6.45, 7) is 3.14. The molecule has 4 heteroatoms. The molecule has 0 aliphatic heterocycles. The predicted octanol–water partition coefficient (Wildman–Crippen LogP) is 1.93. The van der Waals surface area contributed by atoms with Crippen LogP contribution in [0.25, 0.3) is 0 Å². The Labute approximate surface area is 114 Å². The first-order valence-electron chi connectivity index (χ1n) is 6.98. The van der Waals surface area contributed by atoms with Gasteiger partial charge in [-0.1, -0.05) is 19.1 Å². The number of benzene rings is 1. The number of nitrogens with one attached hydrogen (secondary N) is 1. The van der Waals surface area contributed by atoms with Gasteiger partial charge in [-0.2, -0.15) is 0 Å². The first-order chi connectivity index (χ1) is 9.22. The van der Waals surface area contributed by atoms with Crippen molar-refractivity contribution in [3.8, 4) is 5.75 Å². The highest BCUT2D eigenvalue weighted by Gasteiger charge is 2.22. The summed E-state index contributed by atoms with van der Waals surface area (Å²) in [5.74, 6) is 0.369. The van der Waals surface area contributed by atoms with Gasteiger partial charge in [0.2, 0.25) is 0 Å². The zero-order valence-corrected chi connectivity index (χ0v) is 11.4. The van der Waals surface area contributed by atoms with Gasteiger partial charge in [-0.15, -0.1) is 0 Å². The van der Waals surface area contributed by atoms with Crippen molar-refractivity contribution in [3.63, 3.8) is 0 Å². The zero-order valence-electron chi connectivity index (χ0n) is 11.4. The van der Waals surface area contributed by atoms with E-state index in [0.717, 1.165) is 38.0 Å². The molecule has 104 valence electrons. The molecule has 0 radical (unpaired) electrons. The molecule has 0 bridgehead atoms. The van der Waals surface area contributed by atoms with Gasteiger partial charge in [0.15, 0.2) is 6.61 Å². The standard InChI is InChI=1S/C15H22N2O2/c1-2-9-17-13-7-3-6-12-11(13)5-4-8-14(12)19-10-15(16)18/h4-5,8,13,17H,2-3,6-7,9-10H2,1H3,(H2,16,18). The Morgan fingerprint density at radius 1 is 1.53 bits per heavy atom. The molecule has 1 amide bonds. The summed E-state index contributed by atoms with van der Waals surface area (Å²) in [7, 11) is 0. The van der Waals surface area contributed by atoms with Crippen LogP contribution in [0.3, 0.4) is 0 Å². The van der Waals surface area contributed by atoms with Crippen LogP contribution in [-0.2, 0) is 11.2 Å². The van der Waals surface area contributed by atoms with Crippen LogP contribution in [0.15, 0.2) is 18.2 Å². The SMILES string of the molecule is CCCNC1CCCc2c(OCC(N)=O)cccc21. The molecule has 0 fully saturated rings. The largest absolute Gasteiger partial charge is 0.483 e. The second kappa shape index (κ2) is 6.57. The minimum Gasteiger partial charge on any atom is -0.483 e. The average molecular weight is 262 g/mol. The Morgan fingerprint density at radius 2 is 2.37 bits per heavy atom. The molecule has 1 atom stereocenters. The fourth-order valence-corrected chi connectivity index (χ4v) is 2.63. The van der Waals surface area contributed by atoms with Gasteiger partial charge in [0, 0.05) is 6.04 Å². The van der Waals surface area contributed by atoms with E-state index < -0.39 is 5.91 Å². The van der Waals surface area contributed by atoms with Gasteiger partial charge in [0.05, 0.1) is 0 Å². The molecule has 19 heavy (non-hydrogen) atoms. The molecule has 3 N–H and O–H groups in total. The summed E-state index contributed by atoms with van der Waals surface area (Å²) in [6.07, 6.45) is 4.44. The normalized spacial score (nSPS) is 17.8. The van der Waals surface area contributed by atoms with Crippen LogP contribution in [0.4, 0.5) is 0 Å². The molecule has 0 saturated carbocycles. The molecule has 0 spiro atoms. The van der Waals surface area contributed by atoms with E-state index in [1.807, 2.05) is 12.1 Å².